The van der Waals surface area contributed by atoms with Crippen molar-refractivity contribution >= 4 is 5.91 Å². The molecule has 0 unspecified atom stereocenters. The van der Waals surface area contributed by atoms with Gasteiger partial charge in [0, 0.05) is 18.3 Å². The maximum absolute atomic E-state index is 10.9. The number of fused-ring (bicyclic) bond motifs is 1. The van der Waals surface area contributed by atoms with Gasteiger partial charge in [-0.05, 0) is 12.1 Å². The number of benzene rings is 1. The summed E-state index contributed by atoms with van der Waals surface area (Å²) in [6, 6.07) is 8.04. The van der Waals surface area contributed by atoms with E-state index >= 15 is 0 Å². The van der Waals surface area contributed by atoms with Crippen molar-refractivity contribution in [1.29, 1.82) is 0 Å². The second-order valence-corrected chi connectivity index (χ2v) is 4.11. The first kappa shape index (κ1) is 12.3. The standard InChI is InChI=1S/C13H12N3O4/c14-13(17)10-3-4-16(15-10)5-6-18-9-1-2-11-12(7-9)20-8-19-11/h1-2,4,7H,5-6,8H2,(H2,14,17). The molecule has 2 aromatic rings. The Morgan fingerprint density at radius 3 is 3.10 bits per heavy atom. The fourth-order valence-corrected chi connectivity index (χ4v) is 1.78. The van der Waals surface area contributed by atoms with Crippen molar-refractivity contribution in [3.63, 3.8) is 0 Å². The van der Waals surface area contributed by atoms with E-state index in [-0.39, 0.29) is 12.5 Å². The second kappa shape index (κ2) is 5.12. The monoisotopic (exact) mass is 274 g/mol. The van der Waals surface area contributed by atoms with Crippen LogP contribution in [-0.4, -0.2) is 29.1 Å². The largest absolute Gasteiger partial charge is 0.492 e. The molecule has 0 atom stereocenters. The maximum Gasteiger partial charge on any atom is 0.269 e. The normalized spacial score (nSPS) is 12.4. The molecule has 1 amide bonds. The summed E-state index contributed by atoms with van der Waals surface area (Å²) in [6.07, 6.45) is 1.56. The van der Waals surface area contributed by atoms with Gasteiger partial charge in [-0.3, -0.25) is 9.48 Å². The molecule has 1 aliphatic heterocycles. The number of hydrogen-bond donors (Lipinski definition) is 1. The second-order valence-electron chi connectivity index (χ2n) is 4.11. The number of carbonyl (C=O) groups excluding carboxylic acids is 1. The zero-order valence-electron chi connectivity index (χ0n) is 10.5. The van der Waals surface area contributed by atoms with Crippen molar-refractivity contribution in [3.05, 3.63) is 36.2 Å². The number of amides is 1. The lowest BCUT2D eigenvalue weighted by Gasteiger charge is -2.07. The van der Waals surface area contributed by atoms with Crippen LogP contribution in [0.1, 0.15) is 10.5 Å². The minimum Gasteiger partial charge on any atom is -0.492 e. The van der Waals surface area contributed by atoms with Crippen molar-refractivity contribution in [2.45, 2.75) is 6.54 Å². The first-order valence-electron chi connectivity index (χ1n) is 6.00. The lowest BCUT2D eigenvalue weighted by atomic mass is 10.3. The Labute approximate surface area is 114 Å². The van der Waals surface area contributed by atoms with Gasteiger partial charge in [0.15, 0.2) is 17.2 Å². The van der Waals surface area contributed by atoms with Crippen molar-refractivity contribution in [3.8, 4) is 17.2 Å². The van der Waals surface area contributed by atoms with Gasteiger partial charge in [0.25, 0.3) is 5.91 Å². The van der Waals surface area contributed by atoms with Crippen LogP contribution in [0, 0.1) is 6.07 Å². The predicted molar refractivity (Wildman–Crippen MR) is 67.6 cm³/mol. The summed E-state index contributed by atoms with van der Waals surface area (Å²) in [6.45, 7) is 1.11. The Hall–Kier alpha value is -2.70. The average molecular weight is 274 g/mol. The highest BCUT2D eigenvalue weighted by atomic mass is 16.7. The smallest absolute Gasteiger partial charge is 0.269 e. The molecule has 1 aliphatic rings. The van der Waals surface area contributed by atoms with E-state index < -0.39 is 5.91 Å². The summed E-state index contributed by atoms with van der Waals surface area (Å²) < 4.78 is 17.6. The molecule has 20 heavy (non-hydrogen) atoms. The predicted octanol–water partition coefficient (Wildman–Crippen LogP) is 0.590. The highest BCUT2D eigenvalue weighted by molar-refractivity contribution is 5.90. The zero-order valence-corrected chi connectivity index (χ0v) is 10.5. The third-order valence-electron chi connectivity index (χ3n) is 2.75. The van der Waals surface area contributed by atoms with Crippen LogP contribution >= 0.6 is 0 Å². The van der Waals surface area contributed by atoms with Crippen LogP contribution in [0.15, 0.2) is 24.4 Å². The van der Waals surface area contributed by atoms with E-state index in [9.17, 15) is 4.79 Å². The van der Waals surface area contributed by atoms with Gasteiger partial charge in [0.1, 0.15) is 12.4 Å². The molecule has 2 heterocycles. The van der Waals surface area contributed by atoms with Crippen LogP contribution in [-0.2, 0) is 6.54 Å². The van der Waals surface area contributed by atoms with Crippen LogP contribution in [0.2, 0.25) is 0 Å². The van der Waals surface area contributed by atoms with Crippen molar-refractivity contribution in [1.82, 2.24) is 9.78 Å². The average Bonchev–Trinajstić information content (AvgIpc) is 3.06. The van der Waals surface area contributed by atoms with Crippen LogP contribution in [0.3, 0.4) is 0 Å². The zero-order chi connectivity index (χ0) is 13.9. The van der Waals surface area contributed by atoms with Gasteiger partial charge in [0.05, 0.1) is 6.54 Å². The molecule has 103 valence electrons. The van der Waals surface area contributed by atoms with Crippen LogP contribution in [0.5, 0.6) is 17.2 Å². The summed E-state index contributed by atoms with van der Waals surface area (Å²) in [4.78, 5) is 10.9. The number of aromatic nitrogens is 2. The van der Waals surface area contributed by atoms with Gasteiger partial charge in [0.2, 0.25) is 6.79 Å². The summed E-state index contributed by atoms with van der Waals surface area (Å²) in [5.41, 5.74) is 5.21. The van der Waals surface area contributed by atoms with Gasteiger partial charge in [-0.15, -0.1) is 0 Å². The number of nitrogens with zero attached hydrogens (tertiary/aromatic N) is 2. The lowest BCUT2D eigenvalue weighted by Crippen LogP contribution is -2.14. The Bertz CT molecular complexity index is 638. The highest BCUT2D eigenvalue weighted by Crippen LogP contribution is 2.34. The number of ether oxygens (including phenoxy) is 3. The van der Waals surface area contributed by atoms with Gasteiger partial charge in [-0.25, -0.2) is 0 Å². The SMILES string of the molecule is NC(=O)c1[c]cn(CCOc2ccc3c(c2)OCO3)n1. The summed E-state index contributed by atoms with van der Waals surface area (Å²) in [5, 5.41) is 3.96. The number of rotatable bonds is 5. The number of nitrogens with two attached hydrogens (primary N) is 1. The van der Waals surface area contributed by atoms with E-state index in [0.717, 1.165) is 0 Å². The summed E-state index contributed by atoms with van der Waals surface area (Å²) in [7, 11) is 0. The summed E-state index contributed by atoms with van der Waals surface area (Å²) in [5.74, 6) is 1.47. The molecule has 0 saturated heterocycles. The fraction of sp³-hybridized carbons (Fsp3) is 0.231. The molecule has 1 aromatic carbocycles. The van der Waals surface area contributed by atoms with Crippen LogP contribution in [0.25, 0.3) is 0 Å². The quantitative estimate of drug-likeness (QED) is 0.862. The molecule has 0 saturated carbocycles. The van der Waals surface area contributed by atoms with E-state index in [1.165, 1.54) is 0 Å². The van der Waals surface area contributed by atoms with Gasteiger partial charge >= 0.3 is 0 Å². The Morgan fingerprint density at radius 2 is 2.30 bits per heavy atom. The first-order chi connectivity index (χ1) is 9.72. The molecule has 7 nitrogen and oxygen atoms in total. The molecular formula is C13H12N3O4. The molecule has 1 aromatic heterocycles. The number of primary amides is 1. The first-order valence-corrected chi connectivity index (χ1v) is 6.00. The van der Waals surface area contributed by atoms with Crippen molar-refractivity contribution < 1.29 is 19.0 Å². The number of carbonyl (C=O) groups is 1. The minimum atomic E-state index is -0.597. The van der Waals surface area contributed by atoms with Crippen LogP contribution in [0.4, 0.5) is 0 Å². The molecule has 0 bridgehead atoms. The van der Waals surface area contributed by atoms with E-state index in [1.54, 1.807) is 29.1 Å². The Kier molecular flexibility index (Phi) is 3.16. The van der Waals surface area contributed by atoms with Crippen molar-refractivity contribution in [2.24, 2.45) is 5.73 Å². The topological polar surface area (TPSA) is 88.6 Å². The van der Waals surface area contributed by atoms with Gasteiger partial charge < -0.3 is 19.9 Å². The molecule has 2 N–H and O–H groups in total. The van der Waals surface area contributed by atoms with Crippen LogP contribution < -0.4 is 19.9 Å². The third-order valence-corrected chi connectivity index (χ3v) is 2.75. The molecule has 7 heteroatoms. The lowest BCUT2D eigenvalue weighted by molar-refractivity contribution is 0.0994. The Morgan fingerprint density at radius 1 is 1.45 bits per heavy atom. The molecule has 0 fully saturated rings. The molecule has 3 rings (SSSR count). The van der Waals surface area contributed by atoms with Gasteiger partial charge in [-0.1, -0.05) is 0 Å². The molecule has 0 spiro atoms. The number of hydrogen-bond acceptors (Lipinski definition) is 5. The van der Waals surface area contributed by atoms with Crippen molar-refractivity contribution in [2.75, 3.05) is 13.4 Å². The van der Waals surface area contributed by atoms with E-state index in [0.29, 0.717) is 30.4 Å². The van der Waals surface area contributed by atoms with E-state index in [1.807, 2.05) is 0 Å². The summed E-state index contributed by atoms with van der Waals surface area (Å²) >= 11 is 0. The van der Waals surface area contributed by atoms with Gasteiger partial charge in [-0.2, -0.15) is 5.10 Å². The molecule has 0 aliphatic carbocycles. The van der Waals surface area contributed by atoms with E-state index in [2.05, 4.69) is 11.2 Å². The van der Waals surface area contributed by atoms with E-state index in [4.69, 9.17) is 19.9 Å². The fourth-order valence-electron chi connectivity index (χ4n) is 1.78. The third kappa shape index (κ3) is 2.51. The highest BCUT2D eigenvalue weighted by Gasteiger charge is 2.13. The molecular weight excluding hydrogens is 262 g/mol. The Balaban J connectivity index is 1.55. The minimum absolute atomic E-state index is 0.119. The maximum atomic E-state index is 10.9. The molecule has 1 radical (unpaired) electrons.